The predicted octanol–water partition coefficient (Wildman–Crippen LogP) is 1.30. The van der Waals surface area contributed by atoms with E-state index in [0.717, 1.165) is 17.7 Å². The van der Waals surface area contributed by atoms with Gasteiger partial charge in [0.2, 0.25) is 0 Å². The lowest BCUT2D eigenvalue weighted by atomic mass is 10.1. The van der Waals surface area contributed by atoms with Crippen LogP contribution in [0.2, 0.25) is 0 Å². The van der Waals surface area contributed by atoms with Gasteiger partial charge in [0.15, 0.2) is 0 Å². The van der Waals surface area contributed by atoms with E-state index in [-0.39, 0.29) is 6.54 Å². The van der Waals surface area contributed by atoms with Gasteiger partial charge in [-0.1, -0.05) is 6.92 Å². The van der Waals surface area contributed by atoms with Crippen LogP contribution in [0.25, 0.3) is 0 Å². The van der Waals surface area contributed by atoms with Gasteiger partial charge in [0.05, 0.1) is 6.54 Å². The van der Waals surface area contributed by atoms with Gasteiger partial charge in [0.25, 0.3) is 0 Å². The monoisotopic (exact) mass is 208 g/mol. The molecule has 0 bridgehead atoms. The smallest absolute Gasteiger partial charge is 0.317 e. The molecule has 0 saturated carbocycles. The summed E-state index contributed by atoms with van der Waals surface area (Å²) >= 11 is 0. The van der Waals surface area contributed by atoms with Crippen molar-refractivity contribution in [1.82, 2.24) is 9.88 Å². The molecule has 1 N–H and O–H groups in total. The van der Waals surface area contributed by atoms with Crippen molar-refractivity contribution in [2.45, 2.75) is 20.4 Å². The fraction of sp³-hybridized carbons (Fsp3) is 0.455. The number of aryl methyl sites for hydroxylation is 1. The van der Waals surface area contributed by atoms with Crippen molar-refractivity contribution in [3.63, 3.8) is 0 Å². The molecule has 0 radical (unpaired) electrons. The Balaban J connectivity index is 2.66. The quantitative estimate of drug-likeness (QED) is 0.792. The maximum absolute atomic E-state index is 10.6. The molecule has 0 aromatic carbocycles. The highest BCUT2D eigenvalue weighted by atomic mass is 16.4. The number of rotatable bonds is 5. The standard InChI is InChI=1S/C11H16N2O2/c1-3-13(8-11(14)15)7-10-6-12-5-4-9(10)2/h4-6H,3,7-8H2,1-2H3,(H,14,15). The molecule has 0 spiro atoms. The predicted molar refractivity (Wildman–Crippen MR) is 57.6 cm³/mol. The second-order valence-electron chi connectivity index (χ2n) is 3.50. The molecule has 0 saturated heterocycles. The summed E-state index contributed by atoms with van der Waals surface area (Å²) in [6, 6.07) is 1.93. The summed E-state index contributed by atoms with van der Waals surface area (Å²) < 4.78 is 0. The summed E-state index contributed by atoms with van der Waals surface area (Å²) in [4.78, 5) is 16.5. The van der Waals surface area contributed by atoms with E-state index in [1.807, 2.05) is 24.8 Å². The normalized spacial score (nSPS) is 10.6. The molecule has 0 aliphatic rings. The van der Waals surface area contributed by atoms with Gasteiger partial charge in [-0.05, 0) is 30.7 Å². The number of carboxylic acid groups (broad SMARTS) is 1. The van der Waals surface area contributed by atoms with Crippen LogP contribution < -0.4 is 0 Å². The zero-order chi connectivity index (χ0) is 11.3. The number of carbonyl (C=O) groups is 1. The highest BCUT2D eigenvalue weighted by molar-refractivity contribution is 5.69. The third-order valence-corrected chi connectivity index (χ3v) is 2.35. The molecule has 0 unspecified atom stereocenters. The van der Waals surface area contributed by atoms with E-state index >= 15 is 0 Å². The Labute approximate surface area is 89.6 Å². The van der Waals surface area contributed by atoms with E-state index in [2.05, 4.69) is 4.98 Å². The zero-order valence-corrected chi connectivity index (χ0v) is 9.10. The van der Waals surface area contributed by atoms with Gasteiger partial charge in [0.1, 0.15) is 0 Å². The van der Waals surface area contributed by atoms with Crippen molar-refractivity contribution < 1.29 is 9.90 Å². The van der Waals surface area contributed by atoms with E-state index in [1.54, 1.807) is 12.4 Å². The lowest BCUT2D eigenvalue weighted by molar-refractivity contribution is -0.138. The largest absolute Gasteiger partial charge is 0.480 e. The van der Waals surface area contributed by atoms with Crippen molar-refractivity contribution in [3.05, 3.63) is 29.6 Å². The summed E-state index contributed by atoms with van der Waals surface area (Å²) in [6.45, 7) is 5.40. The van der Waals surface area contributed by atoms with Gasteiger partial charge in [-0.3, -0.25) is 14.7 Å². The molecule has 15 heavy (non-hydrogen) atoms. The minimum atomic E-state index is -0.793. The van der Waals surface area contributed by atoms with Crippen molar-refractivity contribution in [2.75, 3.05) is 13.1 Å². The minimum Gasteiger partial charge on any atom is -0.480 e. The summed E-state index contributed by atoms with van der Waals surface area (Å²) in [7, 11) is 0. The SMILES string of the molecule is CCN(CC(=O)O)Cc1cnccc1C. The Hall–Kier alpha value is -1.42. The first kappa shape index (κ1) is 11.7. The van der Waals surface area contributed by atoms with Gasteiger partial charge < -0.3 is 5.11 Å². The Kier molecular flexibility index (Phi) is 4.24. The van der Waals surface area contributed by atoms with Crippen LogP contribution in [0.5, 0.6) is 0 Å². The van der Waals surface area contributed by atoms with Gasteiger partial charge in [-0.15, -0.1) is 0 Å². The molecule has 1 aromatic rings. The fourth-order valence-electron chi connectivity index (χ4n) is 1.37. The molecular weight excluding hydrogens is 192 g/mol. The number of aliphatic carboxylic acids is 1. The fourth-order valence-corrected chi connectivity index (χ4v) is 1.37. The number of nitrogens with zero attached hydrogens (tertiary/aromatic N) is 2. The van der Waals surface area contributed by atoms with Gasteiger partial charge in [-0.2, -0.15) is 0 Å². The number of carboxylic acids is 1. The van der Waals surface area contributed by atoms with Crippen LogP contribution in [0.4, 0.5) is 0 Å². The molecule has 0 amide bonds. The van der Waals surface area contributed by atoms with Crippen molar-refractivity contribution >= 4 is 5.97 Å². The molecule has 1 aromatic heterocycles. The van der Waals surface area contributed by atoms with Crippen molar-refractivity contribution in [3.8, 4) is 0 Å². The van der Waals surface area contributed by atoms with Crippen molar-refractivity contribution in [2.24, 2.45) is 0 Å². The first-order valence-electron chi connectivity index (χ1n) is 4.97. The Morgan fingerprint density at radius 2 is 2.33 bits per heavy atom. The summed E-state index contributed by atoms with van der Waals surface area (Å²) in [5.41, 5.74) is 2.23. The van der Waals surface area contributed by atoms with E-state index in [1.165, 1.54) is 0 Å². The zero-order valence-electron chi connectivity index (χ0n) is 9.10. The number of hydrogen-bond acceptors (Lipinski definition) is 3. The molecule has 4 nitrogen and oxygen atoms in total. The minimum absolute atomic E-state index is 0.0742. The van der Waals surface area contributed by atoms with Crippen LogP contribution in [-0.2, 0) is 11.3 Å². The first-order valence-corrected chi connectivity index (χ1v) is 4.97. The number of pyridine rings is 1. The van der Waals surface area contributed by atoms with Gasteiger partial charge in [-0.25, -0.2) is 0 Å². The molecule has 1 heterocycles. The molecule has 1 rings (SSSR count). The number of aromatic nitrogens is 1. The second-order valence-corrected chi connectivity index (χ2v) is 3.50. The molecule has 82 valence electrons. The summed E-state index contributed by atoms with van der Waals surface area (Å²) in [5, 5.41) is 8.71. The topological polar surface area (TPSA) is 53.4 Å². The lowest BCUT2D eigenvalue weighted by Crippen LogP contribution is -2.29. The van der Waals surface area contributed by atoms with Crippen LogP contribution >= 0.6 is 0 Å². The Morgan fingerprint density at radius 1 is 1.60 bits per heavy atom. The average molecular weight is 208 g/mol. The van der Waals surface area contributed by atoms with Crippen LogP contribution in [0.15, 0.2) is 18.5 Å². The van der Waals surface area contributed by atoms with E-state index in [4.69, 9.17) is 5.11 Å². The maximum Gasteiger partial charge on any atom is 0.317 e. The number of hydrogen-bond donors (Lipinski definition) is 1. The van der Waals surface area contributed by atoms with Crippen LogP contribution in [-0.4, -0.2) is 34.0 Å². The second kappa shape index (κ2) is 5.46. The van der Waals surface area contributed by atoms with E-state index in [0.29, 0.717) is 6.54 Å². The van der Waals surface area contributed by atoms with Gasteiger partial charge in [0, 0.05) is 18.9 Å². The van der Waals surface area contributed by atoms with Crippen LogP contribution in [0, 0.1) is 6.92 Å². The molecule has 4 heteroatoms. The summed E-state index contributed by atoms with van der Waals surface area (Å²) in [5.74, 6) is -0.793. The molecule has 0 aliphatic carbocycles. The lowest BCUT2D eigenvalue weighted by Gasteiger charge is -2.18. The Morgan fingerprint density at radius 3 is 2.87 bits per heavy atom. The van der Waals surface area contributed by atoms with Crippen LogP contribution in [0.1, 0.15) is 18.1 Å². The highest BCUT2D eigenvalue weighted by Crippen LogP contribution is 2.08. The molecule has 0 fully saturated rings. The third-order valence-electron chi connectivity index (χ3n) is 2.35. The molecule has 0 aliphatic heterocycles. The van der Waals surface area contributed by atoms with Crippen molar-refractivity contribution in [1.29, 1.82) is 0 Å². The van der Waals surface area contributed by atoms with E-state index < -0.39 is 5.97 Å². The van der Waals surface area contributed by atoms with Crippen LogP contribution in [0.3, 0.4) is 0 Å². The third kappa shape index (κ3) is 3.67. The highest BCUT2D eigenvalue weighted by Gasteiger charge is 2.09. The Bertz CT molecular complexity index is 339. The number of likely N-dealkylation sites (N-methyl/N-ethyl adjacent to an activating group) is 1. The summed E-state index contributed by atoms with van der Waals surface area (Å²) in [6.07, 6.45) is 3.53. The first-order chi connectivity index (χ1) is 7.13. The molecule has 0 atom stereocenters. The van der Waals surface area contributed by atoms with E-state index in [9.17, 15) is 4.79 Å². The van der Waals surface area contributed by atoms with Gasteiger partial charge >= 0.3 is 5.97 Å². The molecular formula is C11H16N2O2. The average Bonchev–Trinajstić information content (AvgIpc) is 2.19. The maximum atomic E-state index is 10.6.